The average molecular weight is 435 g/mol. The number of carbonyl (C=O) groups is 1. The largest absolute Gasteiger partial charge is 0.490 e. The highest BCUT2D eigenvalue weighted by molar-refractivity contribution is 7.98. The van der Waals surface area contributed by atoms with Gasteiger partial charge in [-0.15, -0.1) is 11.8 Å². The number of carbonyl (C=O) groups excluding carboxylic acids is 1. The zero-order valence-electron chi connectivity index (χ0n) is 17.8. The lowest BCUT2D eigenvalue weighted by atomic mass is 10.0. The summed E-state index contributed by atoms with van der Waals surface area (Å²) in [4.78, 5) is 19.6. The van der Waals surface area contributed by atoms with Gasteiger partial charge in [-0.2, -0.15) is 0 Å². The number of aromatic nitrogens is 1. The summed E-state index contributed by atoms with van der Waals surface area (Å²) in [6.07, 6.45) is 5.10. The SMILES string of the molecule is C=C(C)OC(=O)N1CCC(Oc2ccnc3c(-c4ccc(SC)cc4)cccc23)CC1. The summed E-state index contributed by atoms with van der Waals surface area (Å²) in [5.41, 5.74) is 3.16. The Labute approximate surface area is 187 Å². The number of hydrogen-bond acceptors (Lipinski definition) is 5. The lowest BCUT2D eigenvalue weighted by molar-refractivity contribution is 0.0826. The molecule has 0 spiro atoms. The Morgan fingerprint density at radius 3 is 2.55 bits per heavy atom. The molecule has 1 amide bonds. The number of hydrogen-bond donors (Lipinski definition) is 0. The molecule has 1 fully saturated rings. The first-order chi connectivity index (χ1) is 15.0. The molecule has 0 atom stereocenters. The van der Waals surface area contributed by atoms with Gasteiger partial charge in [-0.1, -0.05) is 30.8 Å². The number of likely N-dealkylation sites (tertiary alicyclic amines) is 1. The molecule has 31 heavy (non-hydrogen) atoms. The van der Waals surface area contributed by atoms with Crippen molar-refractivity contribution in [1.29, 1.82) is 0 Å². The number of amides is 1. The van der Waals surface area contributed by atoms with Gasteiger partial charge in [0.05, 0.1) is 11.3 Å². The normalized spacial score (nSPS) is 14.5. The van der Waals surface area contributed by atoms with Crippen LogP contribution in [0.25, 0.3) is 22.0 Å². The van der Waals surface area contributed by atoms with Crippen molar-refractivity contribution < 1.29 is 14.3 Å². The molecule has 2 heterocycles. The monoisotopic (exact) mass is 434 g/mol. The number of para-hydroxylation sites is 1. The van der Waals surface area contributed by atoms with Gasteiger partial charge in [0.25, 0.3) is 0 Å². The molecule has 2 aromatic carbocycles. The first kappa shape index (κ1) is 21.2. The molecule has 1 aliphatic heterocycles. The number of fused-ring (bicyclic) bond motifs is 1. The minimum absolute atomic E-state index is 0.0454. The van der Waals surface area contributed by atoms with Crippen LogP contribution in [0, 0.1) is 0 Å². The Balaban J connectivity index is 1.52. The molecule has 0 saturated carbocycles. The fraction of sp³-hybridized carbons (Fsp3) is 0.280. The van der Waals surface area contributed by atoms with Gasteiger partial charge in [0, 0.05) is 48.0 Å². The van der Waals surface area contributed by atoms with Crippen molar-refractivity contribution in [3.05, 3.63) is 67.1 Å². The number of nitrogens with zero attached hydrogens (tertiary/aromatic N) is 2. The highest BCUT2D eigenvalue weighted by atomic mass is 32.2. The summed E-state index contributed by atoms with van der Waals surface area (Å²) in [5.74, 6) is 1.24. The first-order valence-corrected chi connectivity index (χ1v) is 11.6. The molecular weight excluding hydrogens is 408 g/mol. The first-order valence-electron chi connectivity index (χ1n) is 10.4. The van der Waals surface area contributed by atoms with Crippen LogP contribution in [0.15, 0.2) is 72.0 Å². The molecule has 1 aromatic heterocycles. The van der Waals surface area contributed by atoms with E-state index < -0.39 is 0 Å². The fourth-order valence-electron chi connectivity index (χ4n) is 3.81. The summed E-state index contributed by atoms with van der Waals surface area (Å²) in [5, 5.41) is 0.998. The second-order valence-corrected chi connectivity index (χ2v) is 8.49. The molecule has 1 aliphatic rings. The topological polar surface area (TPSA) is 51.7 Å². The second-order valence-electron chi connectivity index (χ2n) is 7.61. The number of pyridine rings is 1. The van der Waals surface area contributed by atoms with E-state index in [1.54, 1.807) is 29.8 Å². The maximum Gasteiger partial charge on any atom is 0.414 e. The van der Waals surface area contributed by atoms with Crippen molar-refractivity contribution in [1.82, 2.24) is 9.88 Å². The highest BCUT2D eigenvalue weighted by Gasteiger charge is 2.25. The van der Waals surface area contributed by atoms with E-state index >= 15 is 0 Å². The molecule has 0 N–H and O–H groups in total. The van der Waals surface area contributed by atoms with Gasteiger partial charge in [0.1, 0.15) is 11.9 Å². The minimum atomic E-state index is -0.336. The molecule has 0 aliphatic carbocycles. The van der Waals surface area contributed by atoms with Gasteiger partial charge in [0.15, 0.2) is 0 Å². The van der Waals surface area contributed by atoms with Crippen molar-refractivity contribution >= 4 is 28.8 Å². The lowest BCUT2D eigenvalue weighted by Gasteiger charge is -2.31. The predicted molar refractivity (Wildman–Crippen MR) is 125 cm³/mol. The van der Waals surface area contributed by atoms with Crippen molar-refractivity contribution in [3.8, 4) is 16.9 Å². The standard InChI is InChI=1S/C25H26N2O3S/c1-17(2)29-25(28)27-15-12-19(13-16-27)30-23-11-14-26-24-21(5-4-6-22(23)24)18-7-9-20(31-3)10-8-18/h4-11,14,19H,1,12-13,15-16H2,2-3H3. The molecule has 5 nitrogen and oxygen atoms in total. The highest BCUT2D eigenvalue weighted by Crippen LogP contribution is 2.34. The van der Waals surface area contributed by atoms with Gasteiger partial charge < -0.3 is 14.4 Å². The fourth-order valence-corrected chi connectivity index (χ4v) is 4.21. The van der Waals surface area contributed by atoms with Crippen LogP contribution in [-0.4, -0.2) is 41.4 Å². The summed E-state index contributed by atoms with van der Waals surface area (Å²) in [7, 11) is 0. The average Bonchev–Trinajstić information content (AvgIpc) is 2.79. The molecule has 0 radical (unpaired) electrons. The Morgan fingerprint density at radius 1 is 1.13 bits per heavy atom. The van der Waals surface area contributed by atoms with Gasteiger partial charge in [-0.25, -0.2) is 4.79 Å². The Morgan fingerprint density at radius 2 is 1.87 bits per heavy atom. The number of benzene rings is 2. The van der Waals surface area contributed by atoms with Crippen molar-refractivity contribution in [2.24, 2.45) is 0 Å². The number of rotatable bonds is 5. The summed E-state index contributed by atoms with van der Waals surface area (Å²) >= 11 is 1.73. The smallest absolute Gasteiger partial charge is 0.414 e. The third-order valence-corrected chi connectivity index (χ3v) is 6.13. The van der Waals surface area contributed by atoms with Crippen LogP contribution in [-0.2, 0) is 4.74 Å². The maximum absolute atomic E-state index is 12.1. The van der Waals surface area contributed by atoms with E-state index in [-0.39, 0.29) is 12.2 Å². The van der Waals surface area contributed by atoms with E-state index in [9.17, 15) is 4.79 Å². The number of thioether (sulfide) groups is 1. The Kier molecular flexibility index (Phi) is 6.47. The van der Waals surface area contributed by atoms with E-state index in [1.807, 2.05) is 12.1 Å². The van der Waals surface area contributed by atoms with E-state index in [1.165, 1.54) is 4.90 Å². The molecule has 4 rings (SSSR count). The van der Waals surface area contributed by atoms with Crippen LogP contribution in [0.4, 0.5) is 4.79 Å². The maximum atomic E-state index is 12.1. The minimum Gasteiger partial charge on any atom is -0.490 e. The zero-order chi connectivity index (χ0) is 21.8. The molecule has 0 bridgehead atoms. The second kappa shape index (κ2) is 9.43. The number of allylic oxidation sites excluding steroid dienone is 1. The summed E-state index contributed by atoms with van der Waals surface area (Å²) < 4.78 is 11.5. The van der Waals surface area contributed by atoms with Gasteiger partial charge in [0.2, 0.25) is 0 Å². The van der Waals surface area contributed by atoms with Crippen LogP contribution >= 0.6 is 11.8 Å². The molecule has 3 aromatic rings. The van der Waals surface area contributed by atoms with E-state index in [4.69, 9.17) is 9.47 Å². The third kappa shape index (κ3) is 4.85. The van der Waals surface area contributed by atoms with Crippen molar-refractivity contribution in [2.45, 2.75) is 30.8 Å². The quantitative estimate of drug-likeness (QED) is 0.357. The third-order valence-electron chi connectivity index (χ3n) is 5.39. The van der Waals surface area contributed by atoms with Crippen molar-refractivity contribution in [3.63, 3.8) is 0 Å². The molecule has 1 saturated heterocycles. The number of ether oxygens (including phenoxy) is 2. The van der Waals surface area contributed by atoms with Crippen LogP contribution in [0.1, 0.15) is 19.8 Å². The molecular formula is C25H26N2O3S. The van der Waals surface area contributed by atoms with Crippen LogP contribution in [0.2, 0.25) is 0 Å². The van der Waals surface area contributed by atoms with Gasteiger partial charge in [-0.05, 0) is 43.0 Å². The van der Waals surface area contributed by atoms with Crippen LogP contribution in [0.5, 0.6) is 5.75 Å². The van der Waals surface area contributed by atoms with Gasteiger partial charge >= 0.3 is 6.09 Å². The summed E-state index contributed by atoms with van der Waals surface area (Å²) in [6, 6.07) is 16.6. The van der Waals surface area contributed by atoms with Crippen molar-refractivity contribution in [2.75, 3.05) is 19.3 Å². The number of piperidine rings is 1. The molecule has 160 valence electrons. The molecule has 0 unspecified atom stereocenters. The predicted octanol–water partition coefficient (Wildman–Crippen LogP) is 6.14. The van der Waals surface area contributed by atoms with Gasteiger partial charge in [-0.3, -0.25) is 4.98 Å². The Bertz CT molecular complexity index is 1090. The van der Waals surface area contributed by atoms with Crippen LogP contribution in [0.3, 0.4) is 0 Å². The van der Waals surface area contributed by atoms with E-state index in [0.717, 1.165) is 40.6 Å². The Hall–Kier alpha value is -2.99. The van der Waals surface area contributed by atoms with E-state index in [2.05, 4.69) is 54.2 Å². The van der Waals surface area contributed by atoms with E-state index in [0.29, 0.717) is 18.8 Å². The lowest BCUT2D eigenvalue weighted by Crippen LogP contribution is -2.41. The summed E-state index contributed by atoms with van der Waals surface area (Å²) in [6.45, 7) is 6.51. The molecule has 6 heteroatoms. The van der Waals surface area contributed by atoms with Crippen LogP contribution < -0.4 is 4.74 Å². The zero-order valence-corrected chi connectivity index (χ0v) is 18.7.